The summed E-state index contributed by atoms with van der Waals surface area (Å²) in [5.41, 5.74) is 0.735. The first kappa shape index (κ1) is 24.3. The van der Waals surface area contributed by atoms with Crippen LogP contribution >= 0.6 is 11.8 Å². The lowest BCUT2D eigenvalue weighted by molar-refractivity contribution is -0.283. The number of aliphatic hydroxyl groups is 3. The Morgan fingerprint density at radius 3 is 2.65 bits per heavy atom. The highest BCUT2D eigenvalue weighted by atomic mass is 32.2. The van der Waals surface area contributed by atoms with E-state index in [1.54, 1.807) is 13.0 Å². The summed E-state index contributed by atoms with van der Waals surface area (Å²) in [5.74, 6) is -1.60. The molecule has 3 aliphatic rings. The molecule has 0 saturated carbocycles. The predicted octanol–water partition coefficient (Wildman–Crippen LogP) is 2.03. The van der Waals surface area contributed by atoms with Gasteiger partial charge in [0.2, 0.25) is 0 Å². The van der Waals surface area contributed by atoms with Crippen LogP contribution in [0.2, 0.25) is 0 Å². The highest BCUT2D eigenvalue weighted by molar-refractivity contribution is 8.14. The van der Waals surface area contributed by atoms with Crippen molar-refractivity contribution in [3.05, 3.63) is 23.8 Å². The van der Waals surface area contributed by atoms with Gasteiger partial charge in [-0.25, -0.2) is 4.79 Å². The molecule has 3 rings (SSSR count). The number of carbonyl (C=O) groups excluding carboxylic acids is 2. The van der Waals surface area contributed by atoms with Crippen molar-refractivity contribution in [1.29, 1.82) is 0 Å². The van der Waals surface area contributed by atoms with E-state index in [2.05, 4.69) is 5.32 Å². The van der Waals surface area contributed by atoms with Gasteiger partial charge in [0.1, 0.15) is 6.10 Å². The third-order valence-electron chi connectivity index (χ3n) is 6.09. The first-order chi connectivity index (χ1) is 14.6. The lowest BCUT2D eigenvalue weighted by atomic mass is 9.90. The van der Waals surface area contributed by atoms with Gasteiger partial charge < -0.3 is 30.1 Å². The molecule has 0 aromatic heterocycles. The highest BCUT2D eigenvalue weighted by Gasteiger charge is 2.49. The maximum atomic E-state index is 12.5. The maximum absolute atomic E-state index is 12.5. The Labute approximate surface area is 187 Å². The normalized spacial score (nSPS) is 42.4. The van der Waals surface area contributed by atoms with E-state index in [-0.39, 0.29) is 23.7 Å². The summed E-state index contributed by atoms with van der Waals surface area (Å²) in [5, 5.41) is 34.1. The number of hydrogen-bond acceptors (Lipinski definition) is 8. The zero-order valence-electron chi connectivity index (χ0n) is 18.0. The van der Waals surface area contributed by atoms with Crippen molar-refractivity contribution < 1.29 is 34.4 Å². The third kappa shape index (κ3) is 6.79. The lowest BCUT2D eigenvalue weighted by Crippen LogP contribution is -2.58. The van der Waals surface area contributed by atoms with Crippen LogP contribution in [0.15, 0.2) is 23.8 Å². The van der Waals surface area contributed by atoms with Gasteiger partial charge in [-0.15, -0.1) is 0 Å². The van der Waals surface area contributed by atoms with Crippen LogP contribution in [0.5, 0.6) is 0 Å². The van der Waals surface area contributed by atoms with Crippen molar-refractivity contribution in [2.24, 2.45) is 5.92 Å². The molecule has 0 aromatic rings. The molecule has 2 fully saturated rings. The number of hydrogen-bond donors (Lipinski definition) is 4. The van der Waals surface area contributed by atoms with E-state index in [4.69, 9.17) is 9.47 Å². The number of ether oxygens (including phenoxy) is 2. The average molecular weight is 456 g/mol. The van der Waals surface area contributed by atoms with Gasteiger partial charge in [0.25, 0.3) is 5.24 Å². The molecule has 0 aromatic carbocycles. The second-order valence-electron chi connectivity index (χ2n) is 8.91. The molecule has 31 heavy (non-hydrogen) atoms. The van der Waals surface area contributed by atoms with Gasteiger partial charge in [-0.05, 0) is 38.5 Å². The number of carbonyl (C=O) groups is 2. The van der Waals surface area contributed by atoms with Crippen LogP contribution in [0.1, 0.15) is 52.4 Å². The van der Waals surface area contributed by atoms with E-state index >= 15 is 0 Å². The summed E-state index contributed by atoms with van der Waals surface area (Å²) in [7, 11) is 0. The number of thioether (sulfide) groups is 1. The van der Waals surface area contributed by atoms with Crippen molar-refractivity contribution in [2.45, 2.75) is 88.6 Å². The highest BCUT2D eigenvalue weighted by Crippen LogP contribution is 2.37. The Balaban J connectivity index is 1.79. The molecule has 9 heteroatoms. The first-order valence-electron chi connectivity index (χ1n) is 10.9. The quantitative estimate of drug-likeness (QED) is 0.350. The van der Waals surface area contributed by atoms with Crippen LogP contribution in [0, 0.1) is 5.92 Å². The van der Waals surface area contributed by atoms with Gasteiger partial charge in [-0.1, -0.05) is 36.4 Å². The van der Waals surface area contributed by atoms with Crippen LogP contribution in [0.25, 0.3) is 0 Å². The summed E-state index contributed by atoms with van der Waals surface area (Å²) >= 11 is 1.10. The molecule has 0 aliphatic carbocycles. The molecule has 3 heterocycles. The summed E-state index contributed by atoms with van der Waals surface area (Å²) in [4.78, 5) is 24.1. The average Bonchev–Trinajstić information content (AvgIpc) is 3.14. The van der Waals surface area contributed by atoms with Crippen LogP contribution in [-0.4, -0.2) is 68.5 Å². The summed E-state index contributed by atoms with van der Waals surface area (Å²) in [6.45, 7) is 3.78. The molecule has 7 atom stereocenters. The van der Waals surface area contributed by atoms with E-state index in [0.717, 1.165) is 23.8 Å². The second kappa shape index (κ2) is 10.5. The Morgan fingerprint density at radius 2 is 1.94 bits per heavy atom. The van der Waals surface area contributed by atoms with Crippen molar-refractivity contribution in [1.82, 2.24) is 5.32 Å². The molecular formula is C22H33NO7S. The molecule has 0 unspecified atom stereocenters. The van der Waals surface area contributed by atoms with Crippen molar-refractivity contribution in [3.63, 3.8) is 0 Å². The number of nitrogens with one attached hydrogen (secondary N) is 1. The molecule has 0 radical (unpaired) electrons. The van der Waals surface area contributed by atoms with Crippen molar-refractivity contribution >= 4 is 23.0 Å². The van der Waals surface area contributed by atoms with Gasteiger partial charge in [0.15, 0.2) is 5.79 Å². The fraction of sp³-hybridized carbons (Fsp3) is 0.727. The van der Waals surface area contributed by atoms with Crippen molar-refractivity contribution in [2.75, 3.05) is 5.75 Å². The Hall–Kier alpha value is -1.39. The van der Waals surface area contributed by atoms with Crippen molar-refractivity contribution in [3.8, 4) is 0 Å². The molecule has 2 bridgehead atoms. The molecule has 2 saturated heterocycles. The molecule has 0 spiro atoms. The van der Waals surface area contributed by atoms with E-state index in [0.29, 0.717) is 31.4 Å². The van der Waals surface area contributed by atoms with E-state index in [1.165, 1.54) is 6.08 Å². The Bertz CT molecular complexity index is 727. The second-order valence-corrected chi connectivity index (χ2v) is 9.90. The first-order valence-corrected chi connectivity index (χ1v) is 11.9. The monoisotopic (exact) mass is 455 g/mol. The maximum Gasteiger partial charge on any atom is 0.330 e. The zero-order chi connectivity index (χ0) is 22.6. The van der Waals surface area contributed by atoms with Gasteiger partial charge in [0.05, 0.1) is 24.4 Å². The van der Waals surface area contributed by atoms with Gasteiger partial charge in [-0.2, -0.15) is 0 Å². The number of allylic oxidation sites excluding steroid dienone is 2. The minimum Gasteiger partial charge on any atom is -0.459 e. The van der Waals surface area contributed by atoms with Crippen LogP contribution in [0.3, 0.4) is 0 Å². The molecule has 174 valence electrons. The standard InChI is InChI=1S/C22H33NO7S/c1-13-3-6-15-10-16(11-22(28,30-15)19-12-31-21(27)23-19)29-20(26)9-14(2)5-8-18(25)17(24)7-4-13/h4,7,9,13,15-19,24-25,28H,3,5-6,8,10-12H2,1-2H3,(H,23,27)/b7-4?,14-9-/t13-,15+,16+,17-,18-,19-,22+/m0/s1. The summed E-state index contributed by atoms with van der Waals surface area (Å²) in [6, 6.07) is -0.564. The summed E-state index contributed by atoms with van der Waals surface area (Å²) in [6.07, 6.45) is 4.79. The molecule has 8 nitrogen and oxygen atoms in total. The van der Waals surface area contributed by atoms with Gasteiger partial charge >= 0.3 is 5.97 Å². The predicted molar refractivity (Wildman–Crippen MR) is 116 cm³/mol. The van der Waals surface area contributed by atoms with Crippen LogP contribution < -0.4 is 5.32 Å². The number of fused-ring (bicyclic) bond motifs is 2. The lowest BCUT2D eigenvalue weighted by Gasteiger charge is -2.43. The minimum absolute atomic E-state index is 0.0913. The summed E-state index contributed by atoms with van der Waals surface area (Å²) < 4.78 is 11.7. The number of rotatable bonds is 1. The molecule has 3 aliphatic heterocycles. The van der Waals surface area contributed by atoms with Crippen LogP contribution in [0.4, 0.5) is 4.79 Å². The van der Waals surface area contributed by atoms with E-state index < -0.39 is 36.1 Å². The topological polar surface area (TPSA) is 125 Å². The molecule has 1 amide bonds. The number of amides is 1. The fourth-order valence-corrected chi connectivity index (χ4v) is 5.09. The third-order valence-corrected chi connectivity index (χ3v) is 6.97. The Morgan fingerprint density at radius 1 is 1.16 bits per heavy atom. The van der Waals surface area contributed by atoms with Crippen LogP contribution in [-0.2, 0) is 14.3 Å². The largest absolute Gasteiger partial charge is 0.459 e. The minimum atomic E-state index is -1.60. The zero-order valence-corrected chi connectivity index (χ0v) is 18.8. The smallest absolute Gasteiger partial charge is 0.330 e. The Kier molecular flexibility index (Phi) is 8.20. The number of esters is 1. The SMILES string of the molecule is C/C1=C/C(=O)O[C@@H]2C[C@@H](CC[C@H](C)C=C[C@H](O)[C@@H](O)CC1)O[C@@](O)([C@@H]1CSC(=O)N1)C2. The molecular weight excluding hydrogens is 422 g/mol. The fourth-order valence-electron chi connectivity index (χ4n) is 4.20. The van der Waals surface area contributed by atoms with Gasteiger partial charge in [0, 0.05) is 24.7 Å². The van der Waals surface area contributed by atoms with E-state index in [1.807, 2.05) is 13.0 Å². The van der Waals surface area contributed by atoms with E-state index in [9.17, 15) is 24.9 Å². The molecule has 4 N–H and O–H groups in total. The number of aliphatic hydroxyl groups excluding tert-OH is 2. The van der Waals surface area contributed by atoms with Gasteiger partial charge in [-0.3, -0.25) is 4.79 Å².